The Balaban J connectivity index is 5.34. The molecule has 0 spiro atoms. The number of nitrogens with one attached hydrogen (secondary N) is 1. The van der Waals surface area contributed by atoms with Crippen LogP contribution >= 0.6 is 7.82 Å². The quantitative estimate of drug-likeness (QED) is 0.0205. The average molecular weight is 1040 g/mol. The van der Waals surface area contributed by atoms with Gasteiger partial charge in [-0.15, -0.1) is 0 Å². The summed E-state index contributed by atoms with van der Waals surface area (Å²) in [5.74, 6) is -0.544. The van der Waals surface area contributed by atoms with Gasteiger partial charge in [-0.1, -0.05) is 222 Å². The van der Waals surface area contributed by atoms with E-state index in [1.165, 1.54) is 122 Å². The molecule has 2 N–H and O–H groups in total. The molecule has 0 saturated carbocycles. The third-order valence-corrected chi connectivity index (χ3v) is 14.1. The molecule has 0 fully saturated rings. The van der Waals surface area contributed by atoms with Crippen molar-refractivity contribution in [3.05, 3.63) is 72.9 Å². The van der Waals surface area contributed by atoms with Crippen LogP contribution in [0.1, 0.15) is 265 Å². The Morgan fingerprint density at radius 1 is 0.479 bits per heavy atom. The topological polar surface area (TPSA) is 111 Å². The van der Waals surface area contributed by atoms with Crippen LogP contribution in [0.4, 0.5) is 0 Å². The molecule has 0 aliphatic heterocycles. The van der Waals surface area contributed by atoms with Crippen molar-refractivity contribution in [3.63, 3.8) is 0 Å². The molecule has 10 heteroatoms. The molecule has 3 unspecified atom stereocenters. The van der Waals surface area contributed by atoms with Crippen molar-refractivity contribution in [2.24, 2.45) is 0 Å². The van der Waals surface area contributed by atoms with Gasteiger partial charge >= 0.3 is 13.8 Å². The van der Waals surface area contributed by atoms with E-state index in [9.17, 15) is 19.0 Å². The van der Waals surface area contributed by atoms with Crippen LogP contribution in [-0.4, -0.2) is 74.3 Å². The first-order chi connectivity index (χ1) is 35.4. The maximum Gasteiger partial charge on any atom is 0.472 e. The van der Waals surface area contributed by atoms with E-state index >= 15 is 0 Å². The molecule has 0 aliphatic rings. The number of quaternary nitrogens is 1. The molecule has 1 amide bonds. The Labute approximate surface area is 451 Å². The molecule has 0 radical (unpaired) electrons. The van der Waals surface area contributed by atoms with Gasteiger partial charge in [-0.3, -0.25) is 18.6 Å². The molecular formula is C63H116N2O7P+. The van der Waals surface area contributed by atoms with Crippen molar-refractivity contribution >= 4 is 19.7 Å². The van der Waals surface area contributed by atoms with Crippen LogP contribution in [0.15, 0.2) is 72.9 Å². The molecular weight excluding hydrogens is 928 g/mol. The van der Waals surface area contributed by atoms with Gasteiger partial charge in [-0.2, -0.15) is 0 Å². The number of nitrogens with zero attached hydrogens (tertiary/aromatic N) is 1. The van der Waals surface area contributed by atoms with Crippen molar-refractivity contribution in [2.75, 3.05) is 40.9 Å². The van der Waals surface area contributed by atoms with E-state index < -0.39 is 20.0 Å². The fourth-order valence-corrected chi connectivity index (χ4v) is 9.12. The Kier molecular flexibility index (Phi) is 51.0. The van der Waals surface area contributed by atoms with E-state index in [1.807, 2.05) is 33.3 Å². The number of hydrogen-bond acceptors (Lipinski definition) is 6. The lowest BCUT2D eigenvalue weighted by molar-refractivity contribution is -0.870. The average Bonchev–Trinajstić information content (AvgIpc) is 3.35. The number of allylic oxidation sites excluding steroid dienone is 11. The van der Waals surface area contributed by atoms with Crippen molar-refractivity contribution in [3.8, 4) is 0 Å². The molecule has 0 aromatic carbocycles. The molecule has 0 bridgehead atoms. The Hall–Kier alpha value is -2.55. The molecule has 0 aromatic rings. The van der Waals surface area contributed by atoms with E-state index in [0.29, 0.717) is 23.9 Å². The molecule has 3 atom stereocenters. The predicted molar refractivity (Wildman–Crippen MR) is 314 cm³/mol. The van der Waals surface area contributed by atoms with Gasteiger partial charge in [-0.05, 0) is 102 Å². The predicted octanol–water partition coefficient (Wildman–Crippen LogP) is 18.4. The second kappa shape index (κ2) is 52.9. The molecule has 0 saturated heterocycles. The maximum absolute atomic E-state index is 13.5. The van der Waals surface area contributed by atoms with Crippen LogP contribution in [0, 0.1) is 0 Å². The third-order valence-electron chi connectivity index (χ3n) is 13.1. The molecule has 424 valence electrons. The molecule has 0 rings (SSSR count). The van der Waals surface area contributed by atoms with Crippen LogP contribution in [0.2, 0.25) is 0 Å². The lowest BCUT2D eigenvalue weighted by Gasteiger charge is -2.27. The summed E-state index contributed by atoms with van der Waals surface area (Å²) in [5.41, 5.74) is 0. The fourth-order valence-electron chi connectivity index (χ4n) is 8.39. The summed E-state index contributed by atoms with van der Waals surface area (Å²) < 4.78 is 30.6. The van der Waals surface area contributed by atoms with Gasteiger partial charge in [0, 0.05) is 12.8 Å². The zero-order valence-corrected chi connectivity index (χ0v) is 49.3. The summed E-state index contributed by atoms with van der Waals surface area (Å²) in [6, 6.07) is -0.866. The Morgan fingerprint density at radius 3 is 1.30 bits per heavy atom. The van der Waals surface area contributed by atoms with E-state index in [-0.39, 0.29) is 31.5 Å². The van der Waals surface area contributed by atoms with Gasteiger partial charge in [0.2, 0.25) is 5.91 Å². The largest absolute Gasteiger partial charge is 0.472 e. The standard InChI is InChI=1S/C63H115N2O7P/c1-7-10-13-16-19-22-25-28-29-30-31-32-33-34-35-38-40-43-46-49-52-55-62(66)64-60(59-71-73(68,69)70-58-57-65(4,5)6)61(54-51-48-45-42-39-36-26-23-20-17-14-11-8-2)72-63(67)56-53-50-47-44-41-37-27-24-21-18-15-12-9-3/h19,22,28-29,31-32,34-35,37,41,51,54,60-61H,7-18,20-21,23-27,30,33,36,38-40,42-50,52-53,55-59H2,1-6H3,(H-,64,66,68,69)/p+1/b22-19-,29-28-,32-31-,35-34-,41-37-,54-51-. The van der Waals surface area contributed by atoms with Gasteiger partial charge in [0.15, 0.2) is 0 Å². The van der Waals surface area contributed by atoms with Crippen molar-refractivity contribution in [1.29, 1.82) is 0 Å². The van der Waals surface area contributed by atoms with Crippen molar-refractivity contribution in [1.82, 2.24) is 5.32 Å². The summed E-state index contributed by atoms with van der Waals surface area (Å²) >= 11 is 0. The van der Waals surface area contributed by atoms with Crippen molar-refractivity contribution < 1.29 is 37.3 Å². The monoisotopic (exact) mass is 1040 g/mol. The molecule has 73 heavy (non-hydrogen) atoms. The highest BCUT2D eigenvalue weighted by Gasteiger charge is 2.30. The van der Waals surface area contributed by atoms with Gasteiger partial charge in [0.25, 0.3) is 0 Å². The van der Waals surface area contributed by atoms with Crippen molar-refractivity contribution in [2.45, 2.75) is 277 Å². The number of esters is 1. The minimum Gasteiger partial charge on any atom is -0.456 e. The van der Waals surface area contributed by atoms with Crippen LogP contribution in [0.25, 0.3) is 0 Å². The van der Waals surface area contributed by atoms with Crippen LogP contribution in [0.3, 0.4) is 0 Å². The smallest absolute Gasteiger partial charge is 0.456 e. The zero-order chi connectivity index (χ0) is 53.6. The number of rotatable bonds is 54. The SMILES string of the molecule is CCCCC/C=C\C/C=C\C/C=C\C/C=C\CCCCCCCC(=O)NC(COP(=O)(O)OCC[N+](C)(C)C)C(/C=C\CCCCCCCCCCCCC)OC(=O)CCCCC/C=C\CCCCCCCC. The number of carbonyl (C=O) groups excluding carboxylic acids is 2. The van der Waals surface area contributed by atoms with Gasteiger partial charge < -0.3 is 19.4 Å². The first kappa shape index (κ1) is 70.5. The summed E-state index contributed by atoms with van der Waals surface area (Å²) in [4.78, 5) is 37.6. The minimum absolute atomic E-state index is 0.0318. The van der Waals surface area contributed by atoms with Gasteiger partial charge in [0.1, 0.15) is 19.3 Å². The number of likely N-dealkylation sites (N-methyl/N-ethyl adjacent to an activating group) is 1. The summed E-state index contributed by atoms with van der Waals surface area (Å²) in [6.07, 6.45) is 67.5. The lowest BCUT2D eigenvalue weighted by atomic mass is 10.0. The second-order valence-electron chi connectivity index (χ2n) is 21.5. The Bertz CT molecular complexity index is 1480. The lowest BCUT2D eigenvalue weighted by Crippen LogP contribution is -2.47. The highest BCUT2D eigenvalue weighted by molar-refractivity contribution is 7.47. The van der Waals surface area contributed by atoms with Crippen LogP contribution in [0.5, 0.6) is 0 Å². The third kappa shape index (κ3) is 54.1. The molecule has 0 heterocycles. The normalized spacial score (nSPS) is 14.2. The minimum atomic E-state index is -4.46. The number of carbonyl (C=O) groups is 2. The summed E-state index contributed by atoms with van der Waals surface area (Å²) in [7, 11) is 1.47. The number of phosphoric ester groups is 1. The highest BCUT2D eigenvalue weighted by Crippen LogP contribution is 2.43. The first-order valence-corrected chi connectivity index (χ1v) is 31.8. The van der Waals surface area contributed by atoms with Gasteiger partial charge in [0.05, 0.1) is 33.8 Å². The van der Waals surface area contributed by atoms with Gasteiger partial charge in [-0.25, -0.2) is 4.57 Å². The molecule has 9 nitrogen and oxygen atoms in total. The van der Waals surface area contributed by atoms with E-state index in [2.05, 4.69) is 86.8 Å². The number of ether oxygens (including phenoxy) is 1. The number of hydrogen-bond donors (Lipinski definition) is 2. The van der Waals surface area contributed by atoms with E-state index in [4.69, 9.17) is 13.8 Å². The highest BCUT2D eigenvalue weighted by atomic mass is 31.2. The second-order valence-corrected chi connectivity index (χ2v) is 23.0. The Morgan fingerprint density at radius 2 is 0.836 bits per heavy atom. The summed E-state index contributed by atoms with van der Waals surface area (Å²) in [6.45, 7) is 6.95. The molecule has 0 aromatic heterocycles. The first-order valence-electron chi connectivity index (χ1n) is 30.3. The molecule has 0 aliphatic carbocycles. The summed E-state index contributed by atoms with van der Waals surface area (Å²) in [5, 5.41) is 3.04. The zero-order valence-electron chi connectivity index (χ0n) is 48.4. The number of unbranched alkanes of at least 4 members (excludes halogenated alkanes) is 28. The fraction of sp³-hybridized carbons (Fsp3) is 0.778. The van der Waals surface area contributed by atoms with E-state index in [0.717, 1.165) is 103 Å². The number of phosphoric acid groups is 1. The van der Waals surface area contributed by atoms with Crippen LogP contribution < -0.4 is 5.32 Å². The van der Waals surface area contributed by atoms with Crippen LogP contribution in [-0.2, 0) is 27.9 Å². The number of amides is 1. The van der Waals surface area contributed by atoms with E-state index in [1.54, 1.807) is 0 Å². The maximum atomic E-state index is 13.5.